The fourth-order valence-electron chi connectivity index (χ4n) is 2.23. The quantitative estimate of drug-likeness (QED) is 0.825. The predicted octanol–water partition coefficient (Wildman–Crippen LogP) is 3.37. The minimum Gasteiger partial charge on any atom is -0.438 e. The number of benzene rings is 1. The molecule has 1 aromatic heterocycles. The van der Waals surface area contributed by atoms with Gasteiger partial charge >= 0.3 is 0 Å². The van der Waals surface area contributed by atoms with Crippen molar-refractivity contribution in [1.82, 2.24) is 4.98 Å². The van der Waals surface area contributed by atoms with Gasteiger partial charge in [-0.3, -0.25) is 0 Å². The number of ether oxygens (including phenoxy) is 1. The third-order valence-corrected chi connectivity index (χ3v) is 3.16. The van der Waals surface area contributed by atoms with Gasteiger partial charge in [-0.25, -0.2) is 9.37 Å². The third-order valence-electron chi connectivity index (χ3n) is 3.16. The van der Waals surface area contributed by atoms with Crippen LogP contribution in [-0.4, -0.2) is 4.98 Å². The van der Waals surface area contributed by atoms with Crippen molar-refractivity contribution in [3.63, 3.8) is 0 Å². The Labute approximate surface area is 110 Å². The first-order valence-electron chi connectivity index (χ1n) is 6.12. The first-order valence-corrected chi connectivity index (χ1v) is 6.12. The summed E-state index contributed by atoms with van der Waals surface area (Å²) in [5.74, 6) is 0.452. The van der Waals surface area contributed by atoms with E-state index in [1.807, 2.05) is 6.07 Å². The van der Waals surface area contributed by atoms with E-state index in [9.17, 15) is 4.39 Å². The molecule has 2 aromatic rings. The highest BCUT2D eigenvalue weighted by Gasteiger charge is 2.17. The Kier molecular flexibility index (Phi) is 2.88. The van der Waals surface area contributed by atoms with Gasteiger partial charge in [0.15, 0.2) is 0 Å². The highest BCUT2D eigenvalue weighted by Crippen LogP contribution is 2.29. The summed E-state index contributed by atoms with van der Waals surface area (Å²) in [6.07, 6.45) is 2.95. The number of nitrogens with zero attached hydrogens (tertiary/aromatic N) is 2. The van der Waals surface area contributed by atoms with E-state index in [1.54, 1.807) is 0 Å². The summed E-state index contributed by atoms with van der Waals surface area (Å²) >= 11 is 0. The van der Waals surface area contributed by atoms with E-state index in [4.69, 9.17) is 10.00 Å². The lowest BCUT2D eigenvalue weighted by Gasteiger charge is -2.08. The van der Waals surface area contributed by atoms with Gasteiger partial charge in [0.1, 0.15) is 23.2 Å². The van der Waals surface area contributed by atoms with Crippen LogP contribution >= 0.6 is 0 Å². The van der Waals surface area contributed by atoms with E-state index < -0.39 is 0 Å². The standard InChI is InChI=1S/C15H11FN2O/c16-12-4-6-13(7-5-12)19-15-11(9-17)8-10-2-1-3-14(10)18-15/h4-8H,1-3H2. The van der Waals surface area contributed by atoms with Crippen LogP contribution in [0, 0.1) is 17.1 Å². The van der Waals surface area contributed by atoms with Crippen molar-refractivity contribution in [2.24, 2.45) is 0 Å². The molecule has 0 N–H and O–H groups in total. The summed E-state index contributed by atoms with van der Waals surface area (Å²) in [4.78, 5) is 4.40. The van der Waals surface area contributed by atoms with E-state index in [1.165, 1.54) is 24.3 Å². The number of rotatable bonds is 2. The van der Waals surface area contributed by atoms with Crippen LogP contribution in [-0.2, 0) is 12.8 Å². The van der Waals surface area contributed by atoms with Crippen LogP contribution in [0.25, 0.3) is 0 Å². The molecule has 0 aliphatic heterocycles. The first-order chi connectivity index (χ1) is 9.26. The maximum atomic E-state index is 12.8. The number of nitriles is 1. The minimum absolute atomic E-state index is 0.301. The van der Waals surface area contributed by atoms with Crippen molar-refractivity contribution in [2.75, 3.05) is 0 Å². The van der Waals surface area contributed by atoms with Crippen LogP contribution in [0.3, 0.4) is 0 Å². The maximum Gasteiger partial charge on any atom is 0.237 e. The van der Waals surface area contributed by atoms with Crippen LogP contribution in [0.5, 0.6) is 11.6 Å². The van der Waals surface area contributed by atoms with Crippen molar-refractivity contribution in [3.05, 3.63) is 53.0 Å². The average molecular weight is 254 g/mol. The van der Waals surface area contributed by atoms with Gasteiger partial charge in [0.2, 0.25) is 5.88 Å². The van der Waals surface area contributed by atoms with Gasteiger partial charge in [0.05, 0.1) is 0 Å². The summed E-state index contributed by atoms with van der Waals surface area (Å²) in [5, 5.41) is 9.14. The van der Waals surface area contributed by atoms with Crippen molar-refractivity contribution in [3.8, 4) is 17.7 Å². The Morgan fingerprint density at radius 3 is 2.74 bits per heavy atom. The molecule has 0 spiro atoms. The lowest BCUT2D eigenvalue weighted by molar-refractivity contribution is 0.457. The van der Waals surface area contributed by atoms with Gasteiger partial charge in [-0.15, -0.1) is 0 Å². The lowest BCUT2D eigenvalue weighted by atomic mass is 10.1. The Hall–Kier alpha value is -2.41. The molecule has 0 fully saturated rings. The largest absolute Gasteiger partial charge is 0.438 e. The molecule has 3 rings (SSSR count). The monoisotopic (exact) mass is 254 g/mol. The van der Waals surface area contributed by atoms with Crippen molar-refractivity contribution >= 4 is 0 Å². The van der Waals surface area contributed by atoms with E-state index >= 15 is 0 Å². The molecule has 1 aliphatic carbocycles. The zero-order chi connectivity index (χ0) is 13.2. The molecule has 94 valence electrons. The predicted molar refractivity (Wildman–Crippen MR) is 67.5 cm³/mol. The van der Waals surface area contributed by atoms with Crippen LogP contribution in [0.4, 0.5) is 4.39 Å². The summed E-state index contributed by atoms with van der Waals surface area (Å²) in [6.45, 7) is 0. The van der Waals surface area contributed by atoms with Gasteiger partial charge in [-0.05, 0) is 55.2 Å². The third kappa shape index (κ3) is 2.27. The Morgan fingerprint density at radius 2 is 2.00 bits per heavy atom. The van der Waals surface area contributed by atoms with Gasteiger partial charge < -0.3 is 4.74 Å². The fraction of sp³-hybridized carbons (Fsp3) is 0.200. The van der Waals surface area contributed by atoms with E-state index in [2.05, 4.69) is 11.1 Å². The normalized spacial score (nSPS) is 12.8. The van der Waals surface area contributed by atoms with Crippen LogP contribution in [0.2, 0.25) is 0 Å². The van der Waals surface area contributed by atoms with Gasteiger partial charge in [-0.2, -0.15) is 5.26 Å². The molecule has 19 heavy (non-hydrogen) atoms. The molecule has 4 heteroatoms. The number of halogens is 1. The minimum atomic E-state index is -0.324. The molecular formula is C15H11FN2O. The highest BCUT2D eigenvalue weighted by atomic mass is 19.1. The van der Waals surface area contributed by atoms with E-state index in [-0.39, 0.29) is 5.82 Å². The number of fused-ring (bicyclic) bond motifs is 1. The second-order valence-electron chi connectivity index (χ2n) is 4.47. The molecule has 0 bridgehead atoms. The average Bonchev–Trinajstić information content (AvgIpc) is 2.87. The van der Waals surface area contributed by atoms with Crippen molar-refractivity contribution < 1.29 is 9.13 Å². The topological polar surface area (TPSA) is 45.9 Å². The lowest BCUT2D eigenvalue weighted by Crippen LogP contribution is -1.97. The molecule has 0 amide bonds. The molecule has 0 unspecified atom stereocenters. The molecular weight excluding hydrogens is 243 g/mol. The molecule has 1 aromatic carbocycles. The smallest absolute Gasteiger partial charge is 0.237 e. The van der Waals surface area contributed by atoms with Crippen molar-refractivity contribution in [1.29, 1.82) is 5.26 Å². The molecule has 0 atom stereocenters. The van der Waals surface area contributed by atoms with Crippen LogP contribution < -0.4 is 4.74 Å². The van der Waals surface area contributed by atoms with Crippen molar-refractivity contribution in [2.45, 2.75) is 19.3 Å². The number of aromatic nitrogens is 1. The van der Waals surface area contributed by atoms with Crippen LogP contribution in [0.1, 0.15) is 23.2 Å². The number of hydrogen-bond donors (Lipinski definition) is 0. The fourth-order valence-corrected chi connectivity index (χ4v) is 2.23. The zero-order valence-corrected chi connectivity index (χ0v) is 10.2. The van der Waals surface area contributed by atoms with E-state index in [0.29, 0.717) is 17.2 Å². The number of aryl methyl sites for hydroxylation is 2. The second-order valence-corrected chi connectivity index (χ2v) is 4.47. The van der Waals surface area contributed by atoms with Gasteiger partial charge in [0, 0.05) is 5.69 Å². The molecule has 0 saturated heterocycles. The Balaban J connectivity index is 1.96. The Morgan fingerprint density at radius 1 is 1.21 bits per heavy atom. The second kappa shape index (κ2) is 4.69. The maximum absolute atomic E-state index is 12.8. The zero-order valence-electron chi connectivity index (χ0n) is 10.2. The molecule has 0 saturated carbocycles. The number of hydrogen-bond acceptors (Lipinski definition) is 3. The molecule has 1 aliphatic rings. The summed E-state index contributed by atoms with van der Waals surface area (Å²) in [7, 11) is 0. The summed E-state index contributed by atoms with van der Waals surface area (Å²) < 4.78 is 18.4. The summed E-state index contributed by atoms with van der Waals surface area (Å²) in [6, 6.07) is 9.60. The van der Waals surface area contributed by atoms with Crippen LogP contribution in [0.15, 0.2) is 30.3 Å². The summed E-state index contributed by atoms with van der Waals surface area (Å²) in [5.41, 5.74) is 2.55. The Bertz CT molecular complexity index is 659. The highest BCUT2D eigenvalue weighted by molar-refractivity contribution is 5.45. The molecule has 1 heterocycles. The first kappa shape index (κ1) is 11.7. The SMILES string of the molecule is N#Cc1cc2c(nc1Oc1ccc(F)cc1)CCC2. The molecule has 0 radical (unpaired) electrons. The van der Waals surface area contributed by atoms with E-state index in [0.717, 1.165) is 30.5 Å². The molecule has 3 nitrogen and oxygen atoms in total. The number of pyridine rings is 1. The van der Waals surface area contributed by atoms with Gasteiger partial charge in [-0.1, -0.05) is 0 Å². The van der Waals surface area contributed by atoms with Gasteiger partial charge in [0.25, 0.3) is 0 Å².